The van der Waals surface area contributed by atoms with Crippen LogP contribution in [0.3, 0.4) is 0 Å². The number of non-ortho nitro benzene ring substituents is 1. The number of nitrogens with zero attached hydrogens (tertiary/aromatic N) is 3. The number of benzene rings is 2. The molecule has 1 N–H and O–H groups in total. The summed E-state index contributed by atoms with van der Waals surface area (Å²) in [6.07, 6.45) is -0.450. The number of imide groups is 1. The van der Waals surface area contributed by atoms with Crippen LogP contribution >= 0.6 is 0 Å². The first kappa shape index (κ1) is 23.6. The van der Waals surface area contributed by atoms with Gasteiger partial charge < -0.3 is 10.1 Å². The zero-order chi connectivity index (χ0) is 24.1. The Balaban J connectivity index is 2.03. The zero-order valence-electron chi connectivity index (χ0n) is 18.4. The van der Waals surface area contributed by atoms with Crippen LogP contribution in [0.2, 0.25) is 0 Å². The maximum absolute atomic E-state index is 13.1. The Morgan fingerprint density at radius 3 is 2.52 bits per heavy atom. The molecule has 10 nitrogen and oxygen atoms in total. The first-order chi connectivity index (χ1) is 15.7. The number of nitro groups is 1. The van der Waals surface area contributed by atoms with E-state index in [1.54, 1.807) is 26.0 Å². The number of carbonyl (C=O) groups excluding carboxylic acids is 3. The summed E-state index contributed by atoms with van der Waals surface area (Å²) in [5.74, 6) is -1.80. The summed E-state index contributed by atoms with van der Waals surface area (Å²) in [6, 6.07) is 11.7. The Labute approximate surface area is 190 Å². The molecule has 0 bridgehead atoms. The molecule has 0 saturated carbocycles. The van der Waals surface area contributed by atoms with Gasteiger partial charge in [-0.3, -0.25) is 14.9 Å². The lowest BCUT2D eigenvalue weighted by Gasteiger charge is -2.37. The van der Waals surface area contributed by atoms with E-state index in [-0.39, 0.29) is 23.5 Å². The fourth-order valence-corrected chi connectivity index (χ4v) is 3.61. The molecular weight excluding hydrogens is 428 g/mol. The molecule has 0 radical (unpaired) electrons. The van der Waals surface area contributed by atoms with Crippen molar-refractivity contribution in [1.29, 1.82) is 0 Å². The Morgan fingerprint density at radius 1 is 1.18 bits per heavy atom. The number of urea groups is 2. The van der Waals surface area contributed by atoms with Gasteiger partial charge in [-0.25, -0.2) is 19.5 Å². The summed E-state index contributed by atoms with van der Waals surface area (Å²) in [5.41, 5.74) is 0.972. The summed E-state index contributed by atoms with van der Waals surface area (Å²) < 4.78 is 5.36. The lowest BCUT2D eigenvalue weighted by molar-refractivity contribution is -0.385. The van der Waals surface area contributed by atoms with Crippen molar-refractivity contribution in [3.63, 3.8) is 0 Å². The van der Waals surface area contributed by atoms with Crippen LogP contribution in [-0.4, -0.2) is 39.7 Å². The third-order valence-corrected chi connectivity index (χ3v) is 5.06. The summed E-state index contributed by atoms with van der Waals surface area (Å²) in [4.78, 5) is 54.4. The number of esters is 1. The quantitative estimate of drug-likeness (QED) is 0.400. The van der Waals surface area contributed by atoms with E-state index in [1.807, 2.05) is 18.2 Å². The highest BCUT2D eigenvalue weighted by molar-refractivity contribution is 6.11. The molecule has 172 valence electrons. The topological polar surface area (TPSA) is 131 Å². The van der Waals surface area contributed by atoms with E-state index in [4.69, 9.17) is 4.74 Å². The minimum Gasteiger partial charge on any atom is -0.462 e. The van der Waals surface area contributed by atoms with Crippen molar-refractivity contribution in [3.8, 4) is 0 Å². The van der Waals surface area contributed by atoms with Crippen molar-refractivity contribution in [2.24, 2.45) is 10.9 Å². The van der Waals surface area contributed by atoms with Gasteiger partial charge in [-0.15, -0.1) is 0 Å². The van der Waals surface area contributed by atoms with Crippen molar-refractivity contribution in [2.75, 3.05) is 0 Å². The maximum atomic E-state index is 13.1. The first-order valence-electron chi connectivity index (χ1n) is 10.3. The fraction of sp³-hybridized carbons (Fsp3) is 0.304. The van der Waals surface area contributed by atoms with Gasteiger partial charge in [0.25, 0.3) is 5.69 Å². The van der Waals surface area contributed by atoms with E-state index in [1.165, 1.54) is 31.2 Å². The van der Waals surface area contributed by atoms with Crippen LogP contribution in [0.4, 0.5) is 15.3 Å². The lowest BCUT2D eigenvalue weighted by atomic mass is 9.86. The molecule has 1 heterocycles. The zero-order valence-corrected chi connectivity index (χ0v) is 18.4. The van der Waals surface area contributed by atoms with E-state index in [9.17, 15) is 24.5 Å². The number of nitrogens with one attached hydrogen (secondary N) is 1. The number of aliphatic imine (C=N–C) groups is 1. The number of rotatable bonds is 6. The van der Waals surface area contributed by atoms with Crippen molar-refractivity contribution in [2.45, 2.75) is 39.5 Å². The molecule has 2 aromatic carbocycles. The van der Waals surface area contributed by atoms with Crippen molar-refractivity contribution in [3.05, 3.63) is 75.8 Å². The summed E-state index contributed by atoms with van der Waals surface area (Å²) in [6.45, 7) is 4.97. The second-order valence-electron chi connectivity index (χ2n) is 7.81. The molecule has 3 rings (SSSR count). The number of hydrogen-bond acceptors (Lipinski definition) is 6. The van der Waals surface area contributed by atoms with Crippen LogP contribution in [0.25, 0.3) is 0 Å². The minimum absolute atomic E-state index is 0.134. The summed E-state index contributed by atoms with van der Waals surface area (Å²) >= 11 is 0. The molecule has 2 atom stereocenters. The van der Waals surface area contributed by atoms with Gasteiger partial charge in [0.1, 0.15) is 5.92 Å². The van der Waals surface area contributed by atoms with E-state index in [0.717, 1.165) is 10.5 Å². The van der Waals surface area contributed by atoms with Gasteiger partial charge in [0, 0.05) is 24.4 Å². The Hall–Kier alpha value is -4.08. The van der Waals surface area contributed by atoms with Gasteiger partial charge >= 0.3 is 18.0 Å². The number of amides is 4. The molecule has 0 aliphatic carbocycles. The number of carbonyl (C=O) groups is 3. The summed E-state index contributed by atoms with van der Waals surface area (Å²) in [7, 11) is 0. The first-order valence-corrected chi connectivity index (χ1v) is 10.3. The molecule has 33 heavy (non-hydrogen) atoms. The minimum atomic E-state index is -1.17. The van der Waals surface area contributed by atoms with Crippen LogP contribution in [-0.2, 0) is 16.1 Å². The molecule has 10 heteroatoms. The molecule has 0 saturated heterocycles. The van der Waals surface area contributed by atoms with Gasteiger partial charge in [-0.05, 0) is 31.9 Å². The third-order valence-electron chi connectivity index (χ3n) is 5.06. The smallest absolute Gasteiger partial charge is 0.352 e. The second-order valence-corrected chi connectivity index (χ2v) is 7.81. The summed E-state index contributed by atoms with van der Waals surface area (Å²) in [5, 5.41) is 14.0. The van der Waals surface area contributed by atoms with E-state index < -0.39 is 41.0 Å². The Morgan fingerprint density at radius 2 is 1.88 bits per heavy atom. The molecule has 1 aliphatic heterocycles. The van der Waals surface area contributed by atoms with E-state index in [2.05, 4.69) is 10.3 Å². The molecule has 2 unspecified atom stereocenters. The molecule has 0 fully saturated rings. The van der Waals surface area contributed by atoms with Gasteiger partial charge in [0.15, 0.2) is 0 Å². The number of hydrogen-bond donors (Lipinski definition) is 1. The van der Waals surface area contributed by atoms with E-state index in [0.29, 0.717) is 0 Å². The third kappa shape index (κ3) is 5.40. The fourth-order valence-electron chi connectivity index (χ4n) is 3.61. The van der Waals surface area contributed by atoms with Crippen LogP contribution in [0.15, 0.2) is 59.6 Å². The van der Waals surface area contributed by atoms with Gasteiger partial charge in [0.05, 0.1) is 17.1 Å². The monoisotopic (exact) mass is 452 g/mol. The largest absolute Gasteiger partial charge is 0.462 e. The van der Waals surface area contributed by atoms with Crippen molar-refractivity contribution in [1.82, 2.24) is 10.2 Å². The predicted molar refractivity (Wildman–Crippen MR) is 120 cm³/mol. The predicted octanol–water partition coefficient (Wildman–Crippen LogP) is 4.01. The number of nitro benzene ring substituents is 1. The second kappa shape index (κ2) is 10.0. The van der Waals surface area contributed by atoms with Crippen LogP contribution in [0.5, 0.6) is 0 Å². The van der Waals surface area contributed by atoms with Crippen LogP contribution in [0.1, 0.15) is 37.9 Å². The molecule has 1 aliphatic rings. The van der Waals surface area contributed by atoms with Gasteiger partial charge in [0.2, 0.25) is 0 Å². The van der Waals surface area contributed by atoms with Gasteiger partial charge in [-0.2, -0.15) is 0 Å². The standard InChI is InChI=1S/C23H24N4O6/c1-14(2)33-21(28)19-15(3)25-23(30)26(22(29)24-13-16-8-5-4-6-9-16)20(19)17-10-7-11-18(12-17)27(31)32/h4-12,14,19-20H,13H2,1-3H3,(H,24,29). The molecule has 4 amide bonds. The Bertz CT molecular complexity index is 1100. The van der Waals surface area contributed by atoms with Crippen molar-refractivity contribution >= 4 is 29.4 Å². The van der Waals surface area contributed by atoms with Crippen molar-refractivity contribution < 1.29 is 24.0 Å². The molecule has 2 aromatic rings. The molecule has 0 aromatic heterocycles. The SMILES string of the molecule is CC1=NC(=O)N(C(=O)NCc2ccccc2)C(c2cccc([N+](=O)[O-])c2)C1C(=O)OC(C)C. The molecular formula is C23H24N4O6. The normalized spacial score (nSPS) is 18.0. The number of ether oxygens (including phenoxy) is 1. The van der Waals surface area contributed by atoms with Crippen LogP contribution in [0, 0.1) is 16.0 Å². The van der Waals surface area contributed by atoms with E-state index >= 15 is 0 Å². The molecule has 0 spiro atoms. The lowest BCUT2D eigenvalue weighted by Crippen LogP contribution is -2.52. The van der Waals surface area contributed by atoms with Gasteiger partial charge in [-0.1, -0.05) is 42.5 Å². The van der Waals surface area contributed by atoms with Crippen LogP contribution < -0.4 is 5.32 Å². The average Bonchev–Trinajstić information content (AvgIpc) is 2.77. The average molecular weight is 452 g/mol. The highest BCUT2D eigenvalue weighted by Gasteiger charge is 2.46. The maximum Gasteiger partial charge on any atom is 0.352 e. The Kier molecular flexibility index (Phi) is 7.17. The highest BCUT2D eigenvalue weighted by Crippen LogP contribution is 2.36. The highest BCUT2D eigenvalue weighted by atomic mass is 16.6.